The Kier molecular flexibility index (Phi) is 5.19. The van der Waals surface area contributed by atoms with E-state index < -0.39 is 23.0 Å². The highest BCUT2D eigenvalue weighted by atomic mass is 19.4. The van der Waals surface area contributed by atoms with Gasteiger partial charge in [0.15, 0.2) is 0 Å². The Morgan fingerprint density at radius 2 is 1.80 bits per heavy atom. The molecule has 0 fully saturated rings. The average molecular weight is 291 g/mol. The van der Waals surface area contributed by atoms with Crippen LogP contribution in [0.2, 0.25) is 0 Å². The third kappa shape index (κ3) is 4.20. The number of benzene rings is 1. The van der Waals surface area contributed by atoms with E-state index >= 15 is 0 Å². The third-order valence-electron chi connectivity index (χ3n) is 3.43. The van der Waals surface area contributed by atoms with Crippen molar-refractivity contribution in [1.82, 2.24) is 5.32 Å². The SMILES string of the molecule is CCNC(C)CC(C)(C)c1ccc(C(F)(F)F)c(F)c1. The van der Waals surface area contributed by atoms with Gasteiger partial charge in [0, 0.05) is 6.04 Å². The predicted octanol–water partition coefficient (Wildman–Crippen LogP) is 4.51. The summed E-state index contributed by atoms with van der Waals surface area (Å²) >= 11 is 0. The van der Waals surface area contributed by atoms with Gasteiger partial charge in [-0.05, 0) is 43.0 Å². The van der Waals surface area contributed by atoms with Gasteiger partial charge in [0.1, 0.15) is 5.82 Å². The molecule has 1 aromatic rings. The molecular formula is C15H21F4N. The van der Waals surface area contributed by atoms with Crippen molar-refractivity contribution in [2.24, 2.45) is 0 Å². The summed E-state index contributed by atoms with van der Waals surface area (Å²) in [6.07, 6.45) is -3.94. The Labute approximate surface area is 117 Å². The molecule has 114 valence electrons. The summed E-state index contributed by atoms with van der Waals surface area (Å²) in [7, 11) is 0. The summed E-state index contributed by atoms with van der Waals surface area (Å²) in [5.41, 5.74) is -1.03. The lowest BCUT2D eigenvalue weighted by Gasteiger charge is -2.29. The average Bonchev–Trinajstić information content (AvgIpc) is 2.26. The van der Waals surface area contributed by atoms with Gasteiger partial charge in [-0.2, -0.15) is 13.2 Å². The second kappa shape index (κ2) is 6.12. The van der Waals surface area contributed by atoms with Crippen LogP contribution < -0.4 is 5.32 Å². The number of rotatable bonds is 5. The lowest BCUT2D eigenvalue weighted by atomic mass is 9.79. The summed E-state index contributed by atoms with van der Waals surface area (Å²) in [4.78, 5) is 0. The van der Waals surface area contributed by atoms with E-state index in [0.717, 1.165) is 18.7 Å². The van der Waals surface area contributed by atoms with E-state index in [1.165, 1.54) is 6.07 Å². The number of hydrogen-bond acceptors (Lipinski definition) is 1. The first kappa shape index (κ1) is 17.0. The van der Waals surface area contributed by atoms with Gasteiger partial charge >= 0.3 is 6.18 Å². The number of alkyl halides is 3. The Balaban J connectivity index is 2.99. The fourth-order valence-corrected chi connectivity index (χ4v) is 2.47. The summed E-state index contributed by atoms with van der Waals surface area (Å²) in [6, 6.07) is 3.40. The Bertz CT molecular complexity index is 452. The Hall–Kier alpha value is -1.10. The number of hydrogen-bond donors (Lipinski definition) is 1. The molecule has 0 aliphatic carbocycles. The molecule has 0 spiro atoms. The zero-order valence-electron chi connectivity index (χ0n) is 12.2. The van der Waals surface area contributed by atoms with Gasteiger partial charge in [-0.15, -0.1) is 0 Å². The summed E-state index contributed by atoms with van der Waals surface area (Å²) in [5, 5.41) is 3.25. The summed E-state index contributed by atoms with van der Waals surface area (Å²) < 4.78 is 51.2. The van der Waals surface area contributed by atoms with Gasteiger partial charge in [0.2, 0.25) is 0 Å². The van der Waals surface area contributed by atoms with Gasteiger partial charge in [-0.1, -0.05) is 26.8 Å². The minimum atomic E-state index is -4.65. The third-order valence-corrected chi connectivity index (χ3v) is 3.43. The highest BCUT2D eigenvalue weighted by molar-refractivity contribution is 5.31. The van der Waals surface area contributed by atoms with Gasteiger partial charge in [0.05, 0.1) is 5.56 Å². The van der Waals surface area contributed by atoms with Crippen LogP contribution in [-0.2, 0) is 11.6 Å². The van der Waals surface area contributed by atoms with E-state index in [1.807, 2.05) is 27.7 Å². The van der Waals surface area contributed by atoms with Crippen LogP contribution >= 0.6 is 0 Å². The lowest BCUT2D eigenvalue weighted by Crippen LogP contribution is -2.33. The zero-order valence-corrected chi connectivity index (χ0v) is 12.2. The van der Waals surface area contributed by atoms with Crippen molar-refractivity contribution in [2.75, 3.05) is 6.54 Å². The molecule has 0 saturated heterocycles. The van der Waals surface area contributed by atoms with Gasteiger partial charge in [-0.25, -0.2) is 4.39 Å². The predicted molar refractivity (Wildman–Crippen MR) is 72.2 cm³/mol. The van der Waals surface area contributed by atoms with Crippen LogP contribution in [0.25, 0.3) is 0 Å². The molecule has 0 amide bonds. The second-order valence-electron chi connectivity index (χ2n) is 5.74. The monoisotopic (exact) mass is 291 g/mol. The first-order valence-electron chi connectivity index (χ1n) is 6.68. The van der Waals surface area contributed by atoms with Crippen molar-refractivity contribution in [3.05, 3.63) is 35.1 Å². The topological polar surface area (TPSA) is 12.0 Å². The zero-order chi connectivity index (χ0) is 15.6. The maximum absolute atomic E-state index is 13.6. The largest absolute Gasteiger partial charge is 0.419 e. The van der Waals surface area contributed by atoms with E-state index in [0.29, 0.717) is 12.0 Å². The molecule has 0 heterocycles. The Morgan fingerprint density at radius 1 is 1.20 bits per heavy atom. The number of nitrogens with one attached hydrogen (secondary N) is 1. The standard InChI is InChI=1S/C15H21F4N/c1-5-20-10(2)9-14(3,4)11-6-7-12(13(16)8-11)15(17,18)19/h6-8,10,20H,5,9H2,1-4H3. The van der Waals surface area contributed by atoms with E-state index in [4.69, 9.17) is 0 Å². The molecule has 0 aliphatic heterocycles. The summed E-state index contributed by atoms with van der Waals surface area (Å²) in [5.74, 6) is -1.21. The molecule has 0 radical (unpaired) electrons. The van der Waals surface area contributed by atoms with Gasteiger partial charge in [0.25, 0.3) is 0 Å². The second-order valence-corrected chi connectivity index (χ2v) is 5.74. The molecule has 20 heavy (non-hydrogen) atoms. The smallest absolute Gasteiger partial charge is 0.315 e. The van der Waals surface area contributed by atoms with Crippen LogP contribution in [0.15, 0.2) is 18.2 Å². The quantitative estimate of drug-likeness (QED) is 0.787. The van der Waals surface area contributed by atoms with Crippen LogP contribution in [0.5, 0.6) is 0 Å². The molecule has 1 rings (SSSR count). The minimum Gasteiger partial charge on any atom is -0.315 e. The summed E-state index contributed by atoms with van der Waals surface area (Å²) in [6.45, 7) is 8.62. The normalized spacial score (nSPS) is 14.4. The van der Waals surface area contributed by atoms with Crippen molar-refractivity contribution in [1.29, 1.82) is 0 Å². The van der Waals surface area contributed by atoms with Crippen LogP contribution in [0.3, 0.4) is 0 Å². The number of halogens is 4. The molecule has 0 saturated carbocycles. The molecule has 1 aromatic carbocycles. The first-order chi connectivity index (χ1) is 9.08. The van der Waals surface area contributed by atoms with E-state index in [9.17, 15) is 17.6 Å². The van der Waals surface area contributed by atoms with Crippen molar-refractivity contribution >= 4 is 0 Å². The molecule has 1 atom stereocenters. The van der Waals surface area contributed by atoms with E-state index in [1.54, 1.807) is 0 Å². The molecule has 1 unspecified atom stereocenters. The maximum atomic E-state index is 13.6. The molecule has 1 nitrogen and oxygen atoms in total. The Morgan fingerprint density at radius 3 is 2.25 bits per heavy atom. The highest BCUT2D eigenvalue weighted by Gasteiger charge is 2.35. The van der Waals surface area contributed by atoms with Crippen molar-refractivity contribution in [3.8, 4) is 0 Å². The van der Waals surface area contributed by atoms with Crippen LogP contribution in [0.4, 0.5) is 17.6 Å². The minimum absolute atomic E-state index is 0.209. The molecule has 0 bridgehead atoms. The highest BCUT2D eigenvalue weighted by Crippen LogP contribution is 2.35. The van der Waals surface area contributed by atoms with Crippen molar-refractivity contribution in [2.45, 2.75) is 51.7 Å². The molecule has 5 heteroatoms. The van der Waals surface area contributed by atoms with Crippen LogP contribution in [0, 0.1) is 5.82 Å². The lowest BCUT2D eigenvalue weighted by molar-refractivity contribution is -0.140. The van der Waals surface area contributed by atoms with Gasteiger partial charge < -0.3 is 5.32 Å². The molecule has 0 aromatic heterocycles. The molecule has 1 N–H and O–H groups in total. The van der Waals surface area contributed by atoms with E-state index in [2.05, 4.69) is 5.32 Å². The van der Waals surface area contributed by atoms with Crippen molar-refractivity contribution in [3.63, 3.8) is 0 Å². The van der Waals surface area contributed by atoms with Crippen LogP contribution in [0.1, 0.15) is 45.2 Å². The molecule has 0 aliphatic rings. The fraction of sp³-hybridized carbons (Fsp3) is 0.600. The molecular weight excluding hydrogens is 270 g/mol. The first-order valence-corrected chi connectivity index (χ1v) is 6.68. The van der Waals surface area contributed by atoms with Crippen LogP contribution in [-0.4, -0.2) is 12.6 Å². The maximum Gasteiger partial charge on any atom is 0.419 e. The fourth-order valence-electron chi connectivity index (χ4n) is 2.47. The van der Waals surface area contributed by atoms with Gasteiger partial charge in [-0.3, -0.25) is 0 Å². The van der Waals surface area contributed by atoms with E-state index in [-0.39, 0.29) is 6.04 Å². The van der Waals surface area contributed by atoms with Crippen molar-refractivity contribution < 1.29 is 17.6 Å².